The van der Waals surface area contributed by atoms with Crippen LogP contribution in [0.3, 0.4) is 0 Å². The van der Waals surface area contributed by atoms with Gasteiger partial charge in [-0.2, -0.15) is 0 Å². The third-order valence-electron chi connectivity index (χ3n) is 1.82. The van der Waals surface area contributed by atoms with Crippen molar-refractivity contribution in [1.29, 1.82) is 1.43 Å². The Morgan fingerprint density at radius 3 is 2.79 bits per heavy atom. The quantitative estimate of drug-likeness (QED) is 0.579. The molecule has 0 radical (unpaired) electrons. The van der Waals surface area contributed by atoms with Gasteiger partial charge in [-0.1, -0.05) is 13.3 Å². The SMILES string of the molecule is [2H]Oc1ccc(C(=O)OCCCC)cc1. The Hall–Kier alpha value is -1.51. The fourth-order valence-corrected chi connectivity index (χ4v) is 0.984. The van der Waals surface area contributed by atoms with E-state index in [2.05, 4.69) is 5.11 Å². The van der Waals surface area contributed by atoms with Crippen LogP contribution in [0.25, 0.3) is 0 Å². The first-order valence-electron chi connectivity index (χ1n) is 5.09. The van der Waals surface area contributed by atoms with Crippen LogP contribution in [0.5, 0.6) is 5.75 Å². The van der Waals surface area contributed by atoms with Gasteiger partial charge in [0.05, 0.1) is 12.2 Å². The topological polar surface area (TPSA) is 46.5 Å². The number of esters is 1. The van der Waals surface area contributed by atoms with E-state index in [4.69, 9.17) is 6.17 Å². The number of phenols is 1. The van der Waals surface area contributed by atoms with Crippen molar-refractivity contribution in [3.05, 3.63) is 29.8 Å². The Balaban J connectivity index is 2.50. The Labute approximate surface area is 84.8 Å². The predicted octanol–water partition coefficient (Wildman–Crippen LogP) is 2.35. The Bertz CT molecular complexity index is 308. The van der Waals surface area contributed by atoms with E-state index in [1.807, 2.05) is 6.92 Å². The van der Waals surface area contributed by atoms with Crippen LogP contribution in [-0.4, -0.2) is 19.1 Å². The molecule has 0 bridgehead atoms. The molecule has 3 nitrogen and oxygen atoms in total. The molecule has 1 aromatic rings. The van der Waals surface area contributed by atoms with E-state index in [1.165, 1.54) is 0 Å². The largest absolute Gasteiger partial charge is 0.508 e. The molecule has 1 rings (SSSR count). The molecule has 0 spiro atoms. The summed E-state index contributed by atoms with van der Waals surface area (Å²) >= 11 is 0. The summed E-state index contributed by atoms with van der Waals surface area (Å²) in [5.74, 6) is 0.0695. The van der Waals surface area contributed by atoms with Crippen molar-refractivity contribution in [3.63, 3.8) is 0 Å². The second-order valence-corrected chi connectivity index (χ2v) is 3.01. The Morgan fingerprint density at radius 2 is 2.21 bits per heavy atom. The molecule has 76 valence electrons. The monoisotopic (exact) mass is 195 g/mol. The first kappa shape index (κ1) is 9.06. The van der Waals surface area contributed by atoms with Crippen LogP contribution in [0, 0.1) is 0 Å². The molecular formula is C11H14O3. The van der Waals surface area contributed by atoms with Gasteiger partial charge in [0, 0.05) is 0 Å². The van der Waals surface area contributed by atoms with Crippen molar-refractivity contribution >= 4 is 5.97 Å². The summed E-state index contributed by atoms with van der Waals surface area (Å²) in [5, 5.41) is 4.25. The molecule has 0 aromatic heterocycles. The molecule has 0 aliphatic rings. The Morgan fingerprint density at radius 1 is 1.50 bits per heavy atom. The smallest absolute Gasteiger partial charge is 0.338 e. The van der Waals surface area contributed by atoms with E-state index < -0.39 is 0 Å². The minimum Gasteiger partial charge on any atom is -0.508 e. The lowest BCUT2D eigenvalue weighted by Crippen LogP contribution is -2.05. The van der Waals surface area contributed by atoms with Gasteiger partial charge in [0.1, 0.15) is 5.75 Å². The minimum absolute atomic E-state index is 0.333. The van der Waals surface area contributed by atoms with Gasteiger partial charge < -0.3 is 9.85 Å². The van der Waals surface area contributed by atoms with Crippen molar-refractivity contribution in [2.24, 2.45) is 0 Å². The van der Waals surface area contributed by atoms with Gasteiger partial charge in [-0.15, -0.1) is 0 Å². The molecular weight excluding hydrogens is 180 g/mol. The molecule has 1 N–H and O–H groups in total. The van der Waals surface area contributed by atoms with Crippen molar-refractivity contribution < 1.29 is 14.6 Å². The van der Waals surface area contributed by atoms with Crippen molar-refractivity contribution in [2.75, 3.05) is 6.61 Å². The highest BCUT2D eigenvalue weighted by Crippen LogP contribution is 2.10. The van der Waals surface area contributed by atoms with Gasteiger partial charge in [-0.05, 0) is 30.7 Å². The normalized spacial score (nSPS) is 10.5. The molecule has 0 amide bonds. The molecule has 0 saturated carbocycles. The average molecular weight is 195 g/mol. The number of carbonyl (C=O) groups excluding carboxylic acids is 1. The molecule has 0 aliphatic heterocycles. The third kappa shape index (κ3) is 3.09. The average Bonchev–Trinajstić information content (AvgIpc) is 2.29. The molecule has 0 fully saturated rings. The maximum atomic E-state index is 11.4. The highest BCUT2D eigenvalue weighted by atomic mass is 16.5. The zero-order valence-corrected chi connectivity index (χ0v) is 8.16. The minimum atomic E-state index is -0.333. The number of rotatable bonds is 5. The summed E-state index contributed by atoms with van der Waals surface area (Å²) in [4.78, 5) is 11.4. The maximum Gasteiger partial charge on any atom is 0.338 e. The lowest BCUT2D eigenvalue weighted by atomic mass is 10.2. The lowest BCUT2D eigenvalue weighted by molar-refractivity contribution is 0.0500. The standard InChI is InChI=1S/C11H14O3/c1-2-3-8-14-11(13)9-4-6-10(12)7-5-9/h4-7,12H,2-3,8H2,1H3/i/hD. The van der Waals surface area contributed by atoms with Crippen LogP contribution in [0.1, 0.15) is 30.1 Å². The van der Waals surface area contributed by atoms with Gasteiger partial charge in [0.2, 0.25) is 0 Å². The van der Waals surface area contributed by atoms with Crippen LogP contribution < -0.4 is 0 Å². The summed E-state index contributed by atoms with van der Waals surface area (Å²) in [6, 6.07) is 6.28. The zero-order valence-electron chi connectivity index (χ0n) is 9.16. The number of unbranched alkanes of at least 4 members (excludes halogenated alkanes) is 1. The first-order valence-corrected chi connectivity index (χ1v) is 4.68. The number of aromatic hydroxyl groups is 1. The maximum absolute atomic E-state index is 11.4. The molecule has 0 heterocycles. The summed E-state index contributed by atoms with van der Waals surface area (Å²) in [7, 11) is 0. The number of hydrogen-bond donors (Lipinski definition) is 1. The summed E-state index contributed by atoms with van der Waals surface area (Å²) in [5.41, 5.74) is 0.479. The van der Waals surface area contributed by atoms with E-state index in [0.29, 0.717) is 17.9 Å². The number of hydrogen-bond acceptors (Lipinski definition) is 3. The van der Waals surface area contributed by atoms with Crippen molar-refractivity contribution in [1.82, 2.24) is 0 Å². The van der Waals surface area contributed by atoms with E-state index in [1.54, 1.807) is 24.3 Å². The fraction of sp³-hybridized carbons (Fsp3) is 0.364. The molecule has 0 atom stereocenters. The van der Waals surface area contributed by atoms with Crippen LogP contribution in [0.4, 0.5) is 0 Å². The number of carbonyl (C=O) groups is 1. The van der Waals surface area contributed by atoms with Gasteiger partial charge in [0.15, 0.2) is 0 Å². The zero-order chi connectivity index (χ0) is 11.1. The highest BCUT2D eigenvalue weighted by Gasteiger charge is 2.05. The number of phenolic OH excluding ortho intramolecular Hbond substituents is 1. The molecule has 0 aliphatic carbocycles. The van der Waals surface area contributed by atoms with E-state index in [9.17, 15) is 4.79 Å². The molecule has 0 saturated heterocycles. The van der Waals surface area contributed by atoms with Crippen LogP contribution in [-0.2, 0) is 4.74 Å². The predicted molar refractivity (Wildman–Crippen MR) is 53.3 cm³/mol. The molecule has 3 heteroatoms. The number of benzene rings is 1. The van der Waals surface area contributed by atoms with E-state index >= 15 is 0 Å². The van der Waals surface area contributed by atoms with E-state index in [0.717, 1.165) is 12.8 Å². The van der Waals surface area contributed by atoms with Crippen LogP contribution in [0.15, 0.2) is 24.3 Å². The van der Waals surface area contributed by atoms with Crippen LogP contribution in [0.2, 0.25) is 0 Å². The van der Waals surface area contributed by atoms with Crippen LogP contribution >= 0.6 is 0 Å². The fourth-order valence-electron chi connectivity index (χ4n) is 0.984. The second kappa shape index (κ2) is 5.27. The Kier molecular flexibility index (Phi) is 3.41. The number of ether oxygens (including phenoxy) is 1. The second-order valence-electron chi connectivity index (χ2n) is 3.01. The van der Waals surface area contributed by atoms with Crippen molar-refractivity contribution in [2.45, 2.75) is 19.8 Å². The van der Waals surface area contributed by atoms with Gasteiger partial charge in [-0.25, -0.2) is 4.79 Å². The third-order valence-corrected chi connectivity index (χ3v) is 1.82. The summed E-state index contributed by atoms with van der Waals surface area (Å²) in [6.07, 6.45) is 1.87. The van der Waals surface area contributed by atoms with Gasteiger partial charge in [-0.3, -0.25) is 0 Å². The molecule has 14 heavy (non-hydrogen) atoms. The van der Waals surface area contributed by atoms with E-state index in [-0.39, 0.29) is 5.97 Å². The first-order chi connectivity index (χ1) is 7.27. The van der Waals surface area contributed by atoms with Crippen molar-refractivity contribution in [3.8, 4) is 5.75 Å². The summed E-state index contributed by atoms with van der Waals surface area (Å²) < 4.78 is 11.7. The van der Waals surface area contributed by atoms with Gasteiger partial charge in [0.25, 0.3) is 1.43 Å². The molecule has 0 unspecified atom stereocenters. The summed E-state index contributed by atoms with van der Waals surface area (Å²) in [6.45, 7) is 2.49. The molecule has 1 aromatic carbocycles. The van der Waals surface area contributed by atoms with Gasteiger partial charge >= 0.3 is 5.97 Å². The lowest BCUT2D eigenvalue weighted by Gasteiger charge is -2.03. The highest BCUT2D eigenvalue weighted by molar-refractivity contribution is 5.89.